The second-order valence-corrected chi connectivity index (χ2v) is 6.56. The molecule has 1 saturated carbocycles. The number of fused-ring (bicyclic) bond motifs is 1. The van der Waals surface area contributed by atoms with Crippen LogP contribution in [0.2, 0.25) is 0 Å². The van der Waals surface area contributed by atoms with Crippen molar-refractivity contribution in [3.05, 3.63) is 51.7 Å². The Morgan fingerprint density at radius 1 is 1.27 bits per heavy atom. The van der Waals surface area contributed by atoms with Crippen molar-refractivity contribution in [1.29, 1.82) is 0 Å². The number of nitrogens with zero attached hydrogens (tertiary/aromatic N) is 6. The van der Waals surface area contributed by atoms with Crippen molar-refractivity contribution >= 4 is 11.7 Å². The van der Waals surface area contributed by atoms with Gasteiger partial charge in [-0.15, -0.1) is 5.10 Å². The Morgan fingerprint density at radius 3 is 2.81 bits per heavy atom. The van der Waals surface area contributed by atoms with Gasteiger partial charge in [0, 0.05) is 36.5 Å². The van der Waals surface area contributed by atoms with Crippen LogP contribution in [-0.4, -0.2) is 41.6 Å². The van der Waals surface area contributed by atoms with Crippen LogP contribution in [-0.2, 0) is 6.54 Å². The van der Waals surface area contributed by atoms with Crippen molar-refractivity contribution in [2.24, 2.45) is 0 Å². The van der Waals surface area contributed by atoms with Crippen LogP contribution in [0.3, 0.4) is 0 Å². The van der Waals surface area contributed by atoms with Gasteiger partial charge in [0.15, 0.2) is 0 Å². The molecule has 4 rings (SSSR count). The van der Waals surface area contributed by atoms with Crippen molar-refractivity contribution in [3.63, 3.8) is 0 Å². The Balaban J connectivity index is 1.41. The zero-order chi connectivity index (χ0) is 18.3. The topological polar surface area (TPSA) is 107 Å². The lowest BCUT2D eigenvalue weighted by atomic mass is 10.3. The predicted octanol–water partition coefficient (Wildman–Crippen LogP) is 0.605. The lowest BCUT2D eigenvalue weighted by Gasteiger charge is -2.06. The van der Waals surface area contributed by atoms with Gasteiger partial charge in [-0.1, -0.05) is 0 Å². The van der Waals surface area contributed by atoms with Crippen LogP contribution in [0.25, 0.3) is 5.78 Å². The van der Waals surface area contributed by atoms with Crippen LogP contribution in [0.1, 0.15) is 46.5 Å². The number of nitrogens with one attached hydrogen (secondary N) is 1. The first-order valence-electron chi connectivity index (χ1n) is 8.57. The monoisotopic (exact) mass is 353 g/mol. The molecule has 0 bridgehead atoms. The minimum Gasteiger partial charge on any atom is -0.347 e. The van der Waals surface area contributed by atoms with E-state index in [9.17, 15) is 9.59 Å². The predicted molar refractivity (Wildman–Crippen MR) is 93.1 cm³/mol. The second-order valence-electron chi connectivity index (χ2n) is 6.56. The molecule has 0 saturated heterocycles. The zero-order valence-corrected chi connectivity index (χ0v) is 14.6. The molecule has 0 unspecified atom stereocenters. The smallest absolute Gasteiger partial charge is 0.291 e. The van der Waals surface area contributed by atoms with Gasteiger partial charge in [-0.3, -0.25) is 14.2 Å². The van der Waals surface area contributed by atoms with E-state index >= 15 is 0 Å². The molecule has 134 valence electrons. The number of amides is 1. The Hall–Kier alpha value is -3.10. The number of carbonyl (C=O) groups excluding carboxylic acids is 1. The summed E-state index contributed by atoms with van der Waals surface area (Å²) in [4.78, 5) is 37.1. The fourth-order valence-corrected chi connectivity index (χ4v) is 2.84. The highest BCUT2D eigenvalue weighted by Crippen LogP contribution is 2.38. The molecular formula is C17H19N7O2. The van der Waals surface area contributed by atoms with E-state index in [4.69, 9.17) is 0 Å². The summed E-state index contributed by atoms with van der Waals surface area (Å²) in [5, 5.41) is 6.91. The fraction of sp³-hybridized carbons (Fsp3) is 0.412. The Bertz CT molecular complexity index is 1050. The molecule has 1 N–H and O–H groups in total. The highest BCUT2D eigenvalue weighted by Gasteiger charge is 2.25. The van der Waals surface area contributed by atoms with E-state index in [0.717, 1.165) is 29.9 Å². The summed E-state index contributed by atoms with van der Waals surface area (Å²) < 4.78 is 3.02. The Labute approximate surface area is 149 Å². The van der Waals surface area contributed by atoms with Crippen LogP contribution < -0.4 is 10.9 Å². The van der Waals surface area contributed by atoms with E-state index < -0.39 is 5.91 Å². The van der Waals surface area contributed by atoms with Gasteiger partial charge in [0.2, 0.25) is 5.82 Å². The summed E-state index contributed by atoms with van der Waals surface area (Å²) >= 11 is 0. The molecule has 3 heterocycles. The van der Waals surface area contributed by atoms with E-state index in [1.807, 2.05) is 19.9 Å². The number of aryl methyl sites for hydroxylation is 2. The summed E-state index contributed by atoms with van der Waals surface area (Å²) in [5.74, 6) is 0.492. The third-order valence-electron chi connectivity index (χ3n) is 4.36. The van der Waals surface area contributed by atoms with E-state index in [1.54, 1.807) is 12.4 Å². The normalized spacial score (nSPS) is 13.9. The average Bonchev–Trinajstić information content (AvgIpc) is 3.35. The largest absolute Gasteiger partial charge is 0.347 e. The van der Waals surface area contributed by atoms with Crippen molar-refractivity contribution in [1.82, 2.24) is 34.4 Å². The summed E-state index contributed by atoms with van der Waals surface area (Å²) in [6, 6.07) is 3.45. The van der Waals surface area contributed by atoms with E-state index in [-0.39, 0.29) is 17.9 Å². The van der Waals surface area contributed by atoms with E-state index in [0.29, 0.717) is 18.2 Å². The van der Waals surface area contributed by atoms with Crippen molar-refractivity contribution in [3.8, 4) is 0 Å². The van der Waals surface area contributed by atoms with Gasteiger partial charge in [0.25, 0.3) is 17.2 Å². The maximum absolute atomic E-state index is 12.3. The number of hydrogen-bond donors (Lipinski definition) is 1. The average molecular weight is 353 g/mol. The zero-order valence-electron chi connectivity index (χ0n) is 14.6. The molecule has 9 heteroatoms. The molecule has 0 spiro atoms. The second kappa shape index (κ2) is 6.32. The molecule has 9 nitrogen and oxygen atoms in total. The quantitative estimate of drug-likeness (QED) is 0.720. The minimum atomic E-state index is -0.400. The van der Waals surface area contributed by atoms with Gasteiger partial charge in [0.1, 0.15) is 0 Å². The van der Waals surface area contributed by atoms with Crippen molar-refractivity contribution in [2.45, 2.75) is 39.2 Å². The van der Waals surface area contributed by atoms with Crippen LogP contribution in [0.5, 0.6) is 0 Å². The number of aromatic nitrogens is 6. The fourth-order valence-electron chi connectivity index (χ4n) is 2.84. The van der Waals surface area contributed by atoms with Gasteiger partial charge < -0.3 is 5.32 Å². The first-order valence-corrected chi connectivity index (χ1v) is 8.57. The third kappa shape index (κ3) is 3.19. The molecule has 3 aromatic heterocycles. The van der Waals surface area contributed by atoms with Gasteiger partial charge in [-0.2, -0.15) is 4.98 Å². The summed E-state index contributed by atoms with van der Waals surface area (Å²) in [7, 11) is 0. The molecule has 1 aliphatic rings. The lowest BCUT2D eigenvalue weighted by Crippen LogP contribution is -2.31. The highest BCUT2D eigenvalue weighted by molar-refractivity contribution is 5.90. The molecule has 1 fully saturated rings. The van der Waals surface area contributed by atoms with Gasteiger partial charge in [0.05, 0.1) is 12.0 Å². The maximum atomic E-state index is 12.3. The van der Waals surface area contributed by atoms with Crippen LogP contribution >= 0.6 is 0 Å². The Morgan fingerprint density at radius 2 is 2.08 bits per heavy atom. The van der Waals surface area contributed by atoms with E-state index in [1.165, 1.54) is 9.08 Å². The van der Waals surface area contributed by atoms with Crippen molar-refractivity contribution in [2.75, 3.05) is 6.54 Å². The molecule has 0 radical (unpaired) electrons. The van der Waals surface area contributed by atoms with Gasteiger partial charge >= 0.3 is 0 Å². The van der Waals surface area contributed by atoms with Crippen molar-refractivity contribution < 1.29 is 4.79 Å². The first kappa shape index (κ1) is 16.4. The number of carbonyl (C=O) groups is 1. The molecule has 1 aliphatic carbocycles. The lowest BCUT2D eigenvalue weighted by molar-refractivity contribution is 0.0942. The molecule has 3 aromatic rings. The van der Waals surface area contributed by atoms with Gasteiger partial charge in [-0.25, -0.2) is 14.5 Å². The standard InChI is InChI=1S/C17H19N7O2/c1-10-7-11(2)24-17(20-10)21-15(22-24)16(26)18-5-6-23-9-19-13(8-14(23)25)12-3-4-12/h7-9,12H,3-6H2,1-2H3,(H,18,26). The summed E-state index contributed by atoms with van der Waals surface area (Å²) in [6.45, 7) is 4.36. The summed E-state index contributed by atoms with van der Waals surface area (Å²) in [5.41, 5.74) is 2.43. The Kier molecular flexibility index (Phi) is 3.98. The first-order chi connectivity index (χ1) is 12.5. The van der Waals surface area contributed by atoms with Gasteiger partial charge in [-0.05, 0) is 32.8 Å². The molecule has 1 amide bonds. The van der Waals surface area contributed by atoms with Crippen LogP contribution in [0.15, 0.2) is 23.3 Å². The SMILES string of the molecule is Cc1cc(C)n2nc(C(=O)NCCn3cnc(C4CC4)cc3=O)nc2n1. The van der Waals surface area contributed by atoms with E-state index in [2.05, 4.69) is 25.4 Å². The van der Waals surface area contributed by atoms with Crippen LogP contribution in [0.4, 0.5) is 0 Å². The highest BCUT2D eigenvalue weighted by atomic mass is 16.2. The third-order valence-corrected chi connectivity index (χ3v) is 4.36. The number of rotatable bonds is 5. The molecular weight excluding hydrogens is 334 g/mol. The van der Waals surface area contributed by atoms with Crippen LogP contribution in [0, 0.1) is 13.8 Å². The molecule has 0 aromatic carbocycles. The number of hydrogen-bond acceptors (Lipinski definition) is 6. The minimum absolute atomic E-state index is 0.0563. The molecule has 26 heavy (non-hydrogen) atoms. The molecule has 0 aliphatic heterocycles. The maximum Gasteiger partial charge on any atom is 0.291 e. The summed E-state index contributed by atoms with van der Waals surface area (Å²) in [6.07, 6.45) is 3.75. The molecule has 0 atom stereocenters.